The van der Waals surface area contributed by atoms with Crippen LogP contribution in [0.4, 0.5) is 0 Å². The highest BCUT2D eigenvalue weighted by molar-refractivity contribution is 8.13. The molecule has 1 rings (SSSR count). The molecule has 0 aliphatic carbocycles. The number of aliphatic hydroxyl groups is 1. The van der Waals surface area contributed by atoms with Crippen LogP contribution in [-0.2, 0) is 15.5 Å². The van der Waals surface area contributed by atoms with Crippen LogP contribution in [-0.4, -0.2) is 19.1 Å². The summed E-state index contributed by atoms with van der Waals surface area (Å²) in [6.45, 7) is 3.48. The maximum atomic E-state index is 11.0. The molecule has 0 bridgehead atoms. The van der Waals surface area contributed by atoms with Crippen LogP contribution in [0.2, 0.25) is 0 Å². The van der Waals surface area contributed by atoms with Crippen LogP contribution in [0.1, 0.15) is 25.8 Å². The zero-order valence-corrected chi connectivity index (χ0v) is 10.8. The monoisotopic (exact) mass is 262 g/mol. The van der Waals surface area contributed by atoms with Crippen molar-refractivity contribution in [1.29, 1.82) is 0 Å². The molecule has 0 saturated carbocycles. The minimum atomic E-state index is -3.64. The molecule has 3 nitrogen and oxygen atoms in total. The third kappa shape index (κ3) is 4.51. The Kier molecular flexibility index (Phi) is 3.99. The van der Waals surface area contributed by atoms with Crippen molar-refractivity contribution in [1.82, 2.24) is 0 Å². The summed E-state index contributed by atoms with van der Waals surface area (Å²) < 4.78 is 22.0. The maximum absolute atomic E-state index is 11.0. The number of hydrogen-bond donors (Lipinski definition) is 1. The summed E-state index contributed by atoms with van der Waals surface area (Å²) in [5.74, 6) is 0. The van der Waals surface area contributed by atoms with Gasteiger partial charge in [0.15, 0.2) is 0 Å². The highest BCUT2D eigenvalue weighted by Gasteiger charge is 2.13. The van der Waals surface area contributed by atoms with Crippen LogP contribution in [0.15, 0.2) is 29.2 Å². The van der Waals surface area contributed by atoms with Gasteiger partial charge in [0, 0.05) is 10.7 Å². The molecule has 1 aromatic carbocycles. The average Bonchev–Trinajstić information content (AvgIpc) is 2.13. The van der Waals surface area contributed by atoms with E-state index in [1.165, 1.54) is 12.1 Å². The Hall–Kier alpha value is -0.580. The van der Waals surface area contributed by atoms with Crippen molar-refractivity contribution in [3.63, 3.8) is 0 Å². The lowest BCUT2D eigenvalue weighted by atomic mass is 9.99. The molecule has 0 saturated heterocycles. The summed E-state index contributed by atoms with van der Waals surface area (Å²) in [6, 6.07) is 6.37. The van der Waals surface area contributed by atoms with E-state index in [-0.39, 0.29) is 4.90 Å². The zero-order valence-electron chi connectivity index (χ0n) is 9.27. The topological polar surface area (TPSA) is 54.4 Å². The Bertz CT molecular complexity index is 443. The van der Waals surface area contributed by atoms with E-state index in [1.54, 1.807) is 26.0 Å². The molecule has 16 heavy (non-hydrogen) atoms. The summed E-state index contributed by atoms with van der Waals surface area (Å²) in [5, 5.41) is 9.55. The van der Waals surface area contributed by atoms with E-state index in [1.807, 2.05) is 0 Å². The molecule has 0 unspecified atom stereocenters. The third-order valence-corrected chi connectivity index (χ3v) is 3.60. The average molecular weight is 263 g/mol. The molecule has 0 aromatic heterocycles. The smallest absolute Gasteiger partial charge is 0.261 e. The van der Waals surface area contributed by atoms with Gasteiger partial charge >= 0.3 is 0 Å². The first-order chi connectivity index (χ1) is 7.18. The Morgan fingerprint density at radius 3 is 2.12 bits per heavy atom. The van der Waals surface area contributed by atoms with E-state index in [0.29, 0.717) is 12.8 Å². The summed E-state index contributed by atoms with van der Waals surface area (Å²) in [5.41, 5.74) is 0.267. The second-order valence-corrected chi connectivity index (χ2v) is 6.96. The van der Waals surface area contributed by atoms with Crippen molar-refractivity contribution in [3.8, 4) is 0 Å². The molecule has 0 atom stereocenters. The standard InChI is InChI=1S/C11H15ClO3S/c1-11(2,13)8-7-9-3-5-10(6-4-9)16(12,14)15/h3-6,13H,7-8H2,1-2H3. The SMILES string of the molecule is CC(C)(O)CCc1ccc(S(=O)(=O)Cl)cc1. The van der Waals surface area contributed by atoms with Gasteiger partial charge in [-0.15, -0.1) is 0 Å². The van der Waals surface area contributed by atoms with Crippen LogP contribution < -0.4 is 0 Å². The van der Waals surface area contributed by atoms with Crippen LogP contribution in [0.5, 0.6) is 0 Å². The van der Waals surface area contributed by atoms with Crippen LogP contribution in [0, 0.1) is 0 Å². The molecule has 90 valence electrons. The lowest BCUT2D eigenvalue weighted by molar-refractivity contribution is 0.0714. The van der Waals surface area contributed by atoms with Gasteiger partial charge in [-0.05, 0) is 44.4 Å². The normalized spacial score (nSPS) is 12.8. The summed E-state index contributed by atoms with van der Waals surface area (Å²) in [6.07, 6.45) is 1.33. The predicted molar refractivity (Wildman–Crippen MR) is 64.1 cm³/mol. The zero-order chi connectivity index (χ0) is 12.4. The second kappa shape index (κ2) is 4.73. The Balaban J connectivity index is 2.73. The van der Waals surface area contributed by atoms with Crippen molar-refractivity contribution in [2.45, 2.75) is 37.2 Å². The van der Waals surface area contributed by atoms with Crippen molar-refractivity contribution >= 4 is 19.7 Å². The van der Waals surface area contributed by atoms with E-state index in [4.69, 9.17) is 10.7 Å². The molecule has 0 amide bonds. The molecule has 0 aliphatic heterocycles. The van der Waals surface area contributed by atoms with Gasteiger partial charge in [0.2, 0.25) is 0 Å². The molecular formula is C11H15ClO3S. The number of rotatable bonds is 4. The van der Waals surface area contributed by atoms with E-state index >= 15 is 0 Å². The fourth-order valence-corrected chi connectivity index (χ4v) is 2.04. The van der Waals surface area contributed by atoms with Crippen LogP contribution in [0.3, 0.4) is 0 Å². The molecule has 0 radical (unpaired) electrons. The van der Waals surface area contributed by atoms with Crippen molar-refractivity contribution < 1.29 is 13.5 Å². The molecule has 0 heterocycles. The van der Waals surface area contributed by atoms with E-state index in [2.05, 4.69) is 0 Å². The van der Waals surface area contributed by atoms with Gasteiger partial charge in [-0.2, -0.15) is 0 Å². The van der Waals surface area contributed by atoms with Gasteiger partial charge < -0.3 is 5.11 Å². The molecule has 0 fully saturated rings. The second-order valence-electron chi connectivity index (χ2n) is 4.39. The molecule has 0 spiro atoms. The fourth-order valence-electron chi connectivity index (χ4n) is 1.27. The molecule has 1 aromatic rings. The Labute approximate surface area is 100 Å². The number of hydrogen-bond acceptors (Lipinski definition) is 3. The van der Waals surface area contributed by atoms with Gasteiger partial charge in [0.1, 0.15) is 0 Å². The van der Waals surface area contributed by atoms with Crippen molar-refractivity contribution in [2.24, 2.45) is 0 Å². The largest absolute Gasteiger partial charge is 0.390 e. The summed E-state index contributed by atoms with van der Waals surface area (Å²) >= 11 is 0. The van der Waals surface area contributed by atoms with Crippen LogP contribution in [0.25, 0.3) is 0 Å². The Morgan fingerprint density at radius 1 is 1.25 bits per heavy atom. The maximum Gasteiger partial charge on any atom is 0.261 e. The first-order valence-corrected chi connectivity index (χ1v) is 7.25. The van der Waals surface area contributed by atoms with E-state index < -0.39 is 14.7 Å². The van der Waals surface area contributed by atoms with E-state index in [9.17, 15) is 13.5 Å². The fraction of sp³-hybridized carbons (Fsp3) is 0.455. The predicted octanol–water partition coefficient (Wildman–Crippen LogP) is 2.32. The number of benzene rings is 1. The van der Waals surface area contributed by atoms with Gasteiger partial charge in [-0.25, -0.2) is 8.42 Å². The molecular weight excluding hydrogens is 248 g/mol. The highest BCUT2D eigenvalue weighted by Crippen LogP contribution is 2.18. The summed E-state index contributed by atoms with van der Waals surface area (Å²) in [4.78, 5) is 0.0983. The minimum absolute atomic E-state index is 0.0983. The van der Waals surface area contributed by atoms with Gasteiger partial charge in [-0.1, -0.05) is 12.1 Å². The highest BCUT2D eigenvalue weighted by atomic mass is 35.7. The van der Waals surface area contributed by atoms with Crippen LogP contribution >= 0.6 is 10.7 Å². The van der Waals surface area contributed by atoms with E-state index in [0.717, 1.165) is 5.56 Å². The lowest BCUT2D eigenvalue weighted by Gasteiger charge is -2.16. The molecule has 0 aliphatic rings. The Morgan fingerprint density at radius 2 is 1.75 bits per heavy atom. The van der Waals surface area contributed by atoms with Gasteiger partial charge in [0.25, 0.3) is 9.05 Å². The van der Waals surface area contributed by atoms with Crippen molar-refractivity contribution in [2.75, 3.05) is 0 Å². The first-order valence-electron chi connectivity index (χ1n) is 4.94. The van der Waals surface area contributed by atoms with Gasteiger partial charge in [0.05, 0.1) is 10.5 Å². The lowest BCUT2D eigenvalue weighted by Crippen LogP contribution is -2.19. The third-order valence-electron chi connectivity index (χ3n) is 2.23. The minimum Gasteiger partial charge on any atom is -0.390 e. The quantitative estimate of drug-likeness (QED) is 0.848. The van der Waals surface area contributed by atoms with Gasteiger partial charge in [-0.3, -0.25) is 0 Å². The summed E-state index contributed by atoms with van der Waals surface area (Å²) in [7, 11) is 1.55. The number of halogens is 1. The number of aryl methyl sites for hydroxylation is 1. The van der Waals surface area contributed by atoms with Crippen molar-refractivity contribution in [3.05, 3.63) is 29.8 Å². The first kappa shape index (κ1) is 13.5. The molecule has 5 heteroatoms. The molecule has 1 N–H and O–H groups in total.